The predicted octanol–water partition coefficient (Wildman–Crippen LogP) is 4.96. The van der Waals surface area contributed by atoms with Gasteiger partial charge in [0.1, 0.15) is 0 Å². The average Bonchev–Trinajstić information content (AvgIpc) is 3.38. The lowest BCUT2D eigenvalue weighted by Gasteiger charge is -2.34. The first-order chi connectivity index (χ1) is 18.1. The van der Waals surface area contributed by atoms with Crippen LogP contribution in [0.1, 0.15) is 18.4 Å². The second-order valence-corrected chi connectivity index (χ2v) is 9.07. The lowest BCUT2D eigenvalue weighted by Crippen LogP contribution is -2.49. The Labute approximate surface area is 215 Å². The number of ether oxygens (including phenoxy) is 1. The van der Waals surface area contributed by atoms with Crippen LogP contribution in [0.3, 0.4) is 0 Å². The summed E-state index contributed by atoms with van der Waals surface area (Å²) >= 11 is 0. The Bertz CT molecular complexity index is 1340. The minimum absolute atomic E-state index is 0.175. The summed E-state index contributed by atoms with van der Waals surface area (Å²) in [6, 6.07) is 18.9. The summed E-state index contributed by atoms with van der Waals surface area (Å²) in [5, 5.41) is 0. The fraction of sp³-hybridized carbons (Fsp3) is 0.276. The minimum atomic E-state index is -0.392. The third-order valence-corrected chi connectivity index (χ3v) is 6.73. The first kappa shape index (κ1) is 24.5. The van der Waals surface area contributed by atoms with Crippen LogP contribution in [0, 0.1) is 5.82 Å². The number of rotatable bonds is 8. The van der Waals surface area contributed by atoms with Gasteiger partial charge in [-0.3, -0.25) is 4.79 Å². The summed E-state index contributed by atoms with van der Waals surface area (Å²) in [4.78, 5) is 29.1. The molecule has 8 heteroatoms. The van der Waals surface area contributed by atoms with Crippen LogP contribution in [0.2, 0.25) is 0 Å². The van der Waals surface area contributed by atoms with Crippen molar-refractivity contribution in [1.82, 2.24) is 19.9 Å². The zero-order valence-corrected chi connectivity index (χ0v) is 20.9. The van der Waals surface area contributed by atoms with E-state index in [-0.39, 0.29) is 11.7 Å². The summed E-state index contributed by atoms with van der Waals surface area (Å²) in [6.07, 6.45) is 5.46. The number of halogens is 1. The first-order valence-electron chi connectivity index (χ1n) is 12.5. The number of aromatic amines is 1. The number of amides is 1. The molecular formula is C29H30FN5O2. The van der Waals surface area contributed by atoms with Gasteiger partial charge in [0.15, 0.2) is 11.6 Å². The SMILES string of the molecule is COc1cc(-c2cc(CCCC(=O)N3CCN(c4ncccn4)CC3)c(-c3ccccc3)[nH]2)ccc1F. The van der Waals surface area contributed by atoms with Crippen molar-refractivity contribution in [1.29, 1.82) is 0 Å². The lowest BCUT2D eigenvalue weighted by atomic mass is 10.0. The summed E-state index contributed by atoms with van der Waals surface area (Å²) in [7, 11) is 1.46. The van der Waals surface area contributed by atoms with Gasteiger partial charge in [0.05, 0.1) is 7.11 Å². The number of carbonyl (C=O) groups is 1. The molecule has 0 saturated carbocycles. The monoisotopic (exact) mass is 499 g/mol. The minimum Gasteiger partial charge on any atom is -0.494 e. The second-order valence-electron chi connectivity index (χ2n) is 9.07. The average molecular weight is 500 g/mol. The number of nitrogens with zero attached hydrogens (tertiary/aromatic N) is 4. The van der Waals surface area contributed by atoms with Crippen LogP contribution in [-0.4, -0.2) is 59.0 Å². The first-order valence-corrected chi connectivity index (χ1v) is 12.5. The highest BCUT2D eigenvalue weighted by Crippen LogP contribution is 2.32. The Morgan fingerprint density at radius 2 is 1.73 bits per heavy atom. The molecule has 190 valence electrons. The number of benzene rings is 2. The molecule has 1 saturated heterocycles. The van der Waals surface area contributed by atoms with Gasteiger partial charge in [0.2, 0.25) is 11.9 Å². The Morgan fingerprint density at radius 1 is 0.973 bits per heavy atom. The molecule has 0 bridgehead atoms. The topological polar surface area (TPSA) is 74.3 Å². The van der Waals surface area contributed by atoms with E-state index < -0.39 is 5.82 Å². The van der Waals surface area contributed by atoms with E-state index in [1.54, 1.807) is 30.6 Å². The molecule has 3 heterocycles. The number of piperazine rings is 1. The molecule has 0 spiro atoms. The molecule has 1 aliphatic rings. The molecule has 1 amide bonds. The molecule has 1 aliphatic heterocycles. The fourth-order valence-electron chi connectivity index (χ4n) is 4.74. The zero-order valence-electron chi connectivity index (χ0n) is 20.9. The highest BCUT2D eigenvalue weighted by molar-refractivity contribution is 5.77. The molecule has 1 N–H and O–H groups in total. The van der Waals surface area contributed by atoms with Crippen LogP contribution in [0.4, 0.5) is 10.3 Å². The van der Waals surface area contributed by atoms with Crippen molar-refractivity contribution in [3.63, 3.8) is 0 Å². The zero-order chi connectivity index (χ0) is 25.6. The van der Waals surface area contributed by atoms with Gasteiger partial charge in [-0.25, -0.2) is 14.4 Å². The quantitative estimate of drug-likeness (QED) is 0.371. The van der Waals surface area contributed by atoms with E-state index in [1.807, 2.05) is 23.1 Å². The Kier molecular flexibility index (Phi) is 7.44. The van der Waals surface area contributed by atoms with Crippen LogP contribution in [0.15, 0.2) is 73.1 Å². The van der Waals surface area contributed by atoms with Gasteiger partial charge >= 0.3 is 0 Å². The number of aromatic nitrogens is 3. The highest BCUT2D eigenvalue weighted by atomic mass is 19.1. The number of methoxy groups -OCH3 is 1. The number of anilines is 1. The molecule has 2 aromatic carbocycles. The van der Waals surface area contributed by atoms with E-state index in [2.05, 4.69) is 38.1 Å². The molecular weight excluding hydrogens is 469 g/mol. The summed E-state index contributed by atoms with van der Waals surface area (Å²) in [6.45, 7) is 2.81. The number of aryl methyl sites for hydroxylation is 1. The molecule has 0 radical (unpaired) electrons. The summed E-state index contributed by atoms with van der Waals surface area (Å²) in [5.41, 5.74) is 4.95. The molecule has 7 nitrogen and oxygen atoms in total. The normalized spacial score (nSPS) is 13.6. The Hall–Kier alpha value is -4.20. The third kappa shape index (κ3) is 5.63. The molecule has 5 rings (SSSR count). The van der Waals surface area contributed by atoms with Gasteiger partial charge in [-0.15, -0.1) is 0 Å². The summed E-state index contributed by atoms with van der Waals surface area (Å²) in [5.74, 6) is 0.704. The second kappa shape index (κ2) is 11.2. The van der Waals surface area contributed by atoms with Gasteiger partial charge in [0, 0.05) is 61.9 Å². The maximum Gasteiger partial charge on any atom is 0.225 e. The predicted molar refractivity (Wildman–Crippen MR) is 142 cm³/mol. The Morgan fingerprint density at radius 3 is 2.46 bits per heavy atom. The van der Waals surface area contributed by atoms with E-state index in [9.17, 15) is 9.18 Å². The van der Waals surface area contributed by atoms with Gasteiger partial charge in [0.25, 0.3) is 0 Å². The summed E-state index contributed by atoms with van der Waals surface area (Å²) < 4.78 is 19.1. The fourth-order valence-corrected chi connectivity index (χ4v) is 4.74. The van der Waals surface area contributed by atoms with Crippen molar-refractivity contribution in [3.8, 4) is 28.3 Å². The van der Waals surface area contributed by atoms with E-state index in [4.69, 9.17) is 4.74 Å². The van der Waals surface area contributed by atoms with Crippen LogP contribution in [-0.2, 0) is 11.2 Å². The molecule has 0 unspecified atom stereocenters. The van der Waals surface area contributed by atoms with Crippen molar-refractivity contribution in [2.75, 3.05) is 38.2 Å². The number of nitrogens with one attached hydrogen (secondary N) is 1. The van der Waals surface area contributed by atoms with E-state index in [1.165, 1.54) is 13.2 Å². The smallest absolute Gasteiger partial charge is 0.225 e. The van der Waals surface area contributed by atoms with Crippen LogP contribution < -0.4 is 9.64 Å². The lowest BCUT2D eigenvalue weighted by molar-refractivity contribution is -0.131. The molecule has 0 atom stereocenters. The van der Waals surface area contributed by atoms with Crippen LogP contribution in [0.5, 0.6) is 5.75 Å². The molecule has 4 aromatic rings. The highest BCUT2D eigenvalue weighted by Gasteiger charge is 2.22. The van der Waals surface area contributed by atoms with Crippen molar-refractivity contribution < 1.29 is 13.9 Å². The largest absolute Gasteiger partial charge is 0.494 e. The number of hydrogen-bond acceptors (Lipinski definition) is 5. The Balaban J connectivity index is 1.25. The number of carbonyl (C=O) groups excluding carboxylic acids is 1. The molecule has 37 heavy (non-hydrogen) atoms. The van der Waals surface area contributed by atoms with Gasteiger partial charge in [-0.1, -0.05) is 30.3 Å². The van der Waals surface area contributed by atoms with E-state index in [0.29, 0.717) is 25.5 Å². The van der Waals surface area contributed by atoms with Gasteiger partial charge in [-0.2, -0.15) is 0 Å². The maximum absolute atomic E-state index is 14.0. The molecule has 2 aromatic heterocycles. The van der Waals surface area contributed by atoms with Crippen molar-refractivity contribution in [3.05, 3.63) is 84.4 Å². The van der Waals surface area contributed by atoms with Crippen molar-refractivity contribution in [2.45, 2.75) is 19.3 Å². The van der Waals surface area contributed by atoms with Gasteiger partial charge in [-0.05, 0) is 54.3 Å². The third-order valence-electron chi connectivity index (χ3n) is 6.73. The molecule has 0 aliphatic carbocycles. The number of hydrogen-bond donors (Lipinski definition) is 1. The van der Waals surface area contributed by atoms with Crippen LogP contribution >= 0.6 is 0 Å². The maximum atomic E-state index is 14.0. The number of H-pyrrole nitrogens is 1. The van der Waals surface area contributed by atoms with Crippen molar-refractivity contribution >= 4 is 11.9 Å². The molecule has 1 fully saturated rings. The van der Waals surface area contributed by atoms with Gasteiger partial charge < -0.3 is 19.5 Å². The van der Waals surface area contributed by atoms with E-state index in [0.717, 1.165) is 54.0 Å². The van der Waals surface area contributed by atoms with Crippen molar-refractivity contribution in [2.24, 2.45) is 0 Å². The van der Waals surface area contributed by atoms with E-state index >= 15 is 0 Å². The standard InChI is InChI=1S/C29H30FN5O2/c1-37-26-20-22(11-12-24(26)30)25-19-23(28(33-25)21-7-3-2-4-8-21)9-5-10-27(36)34-15-17-35(18-16-34)29-31-13-6-14-32-29/h2-4,6-8,11-14,19-20,33H,5,9-10,15-18H2,1H3. The van der Waals surface area contributed by atoms with Crippen LogP contribution in [0.25, 0.3) is 22.5 Å².